The van der Waals surface area contributed by atoms with Gasteiger partial charge in [0.05, 0.1) is 17.8 Å². The highest BCUT2D eigenvalue weighted by Gasteiger charge is 2.60. The maximum absolute atomic E-state index is 10.9. The first-order valence-electron chi connectivity index (χ1n) is 6.66. The molecule has 0 saturated heterocycles. The Morgan fingerprint density at radius 2 is 1.89 bits per heavy atom. The summed E-state index contributed by atoms with van der Waals surface area (Å²) in [5.41, 5.74) is -1.01. The van der Waals surface area contributed by atoms with Crippen LogP contribution in [0.3, 0.4) is 0 Å². The Morgan fingerprint density at radius 1 is 1.22 bits per heavy atom. The van der Waals surface area contributed by atoms with Gasteiger partial charge >= 0.3 is 0 Å². The second-order valence-electron chi connectivity index (χ2n) is 6.68. The van der Waals surface area contributed by atoms with Gasteiger partial charge in [-0.05, 0) is 37.2 Å². The summed E-state index contributed by atoms with van der Waals surface area (Å²) in [7, 11) is 0. The van der Waals surface area contributed by atoms with Crippen LogP contribution in [-0.2, 0) is 0 Å². The fourth-order valence-corrected chi connectivity index (χ4v) is 3.33. The summed E-state index contributed by atoms with van der Waals surface area (Å²) in [6, 6.07) is 0. The minimum atomic E-state index is -0.895. The number of hydrogen-bond acceptors (Lipinski definition) is 3. The average molecular weight is 252 g/mol. The maximum atomic E-state index is 10.9. The Kier molecular flexibility index (Phi) is 3.21. The van der Waals surface area contributed by atoms with Gasteiger partial charge < -0.3 is 15.3 Å². The van der Waals surface area contributed by atoms with Crippen LogP contribution in [0.4, 0.5) is 0 Å². The van der Waals surface area contributed by atoms with Gasteiger partial charge in [0.25, 0.3) is 0 Å². The molecular formula is C15H24O3. The van der Waals surface area contributed by atoms with Gasteiger partial charge in [0.1, 0.15) is 0 Å². The fourth-order valence-electron chi connectivity index (χ4n) is 3.33. The van der Waals surface area contributed by atoms with Gasteiger partial charge in [0.15, 0.2) is 0 Å². The Balaban J connectivity index is 2.36. The number of hydrogen-bond donors (Lipinski definition) is 3. The van der Waals surface area contributed by atoms with Crippen LogP contribution in [0.15, 0.2) is 23.8 Å². The van der Waals surface area contributed by atoms with Crippen molar-refractivity contribution in [3.63, 3.8) is 0 Å². The van der Waals surface area contributed by atoms with Gasteiger partial charge in [-0.1, -0.05) is 32.1 Å². The molecule has 102 valence electrons. The first-order chi connectivity index (χ1) is 8.22. The standard InChI is InChI=1S/C15H24O3/c1-13(2)9-12-11(10-16)5-4-6-14(3,17)7-8-15(12,13)18/h4-6,12,16-18H,7-10H2,1-3H3/t12-,14-,15+/m1/s1. The molecule has 2 aliphatic rings. The smallest absolute Gasteiger partial charge is 0.0803 e. The van der Waals surface area contributed by atoms with Gasteiger partial charge in [0, 0.05) is 5.92 Å². The van der Waals surface area contributed by atoms with E-state index in [0.717, 1.165) is 12.0 Å². The molecule has 1 fully saturated rings. The molecule has 1 saturated carbocycles. The van der Waals surface area contributed by atoms with E-state index in [1.807, 2.05) is 6.08 Å². The van der Waals surface area contributed by atoms with E-state index in [-0.39, 0.29) is 17.9 Å². The second kappa shape index (κ2) is 4.19. The number of fused-ring (bicyclic) bond motifs is 1. The van der Waals surface area contributed by atoms with Crippen molar-refractivity contribution in [2.24, 2.45) is 11.3 Å². The molecule has 2 aliphatic carbocycles. The van der Waals surface area contributed by atoms with Crippen molar-refractivity contribution in [3.8, 4) is 0 Å². The number of allylic oxidation sites excluding steroid dienone is 2. The monoisotopic (exact) mass is 252 g/mol. The summed E-state index contributed by atoms with van der Waals surface area (Å²) < 4.78 is 0. The molecule has 0 amide bonds. The molecule has 0 spiro atoms. The summed E-state index contributed by atoms with van der Waals surface area (Å²) >= 11 is 0. The van der Waals surface area contributed by atoms with Crippen molar-refractivity contribution < 1.29 is 15.3 Å². The molecule has 0 aliphatic heterocycles. The molecule has 3 heteroatoms. The molecule has 2 rings (SSSR count). The Hall–Kier alpha value is -0.640. The maximum Gasteiger partial charge on any atom is 0.0803 e. The van der Waals surface area contributed by atoms with Crippen molar-refractivity contribution >= 4 is 0 Å². The van der Waals surface area contributed by atoms with Gasteiger partial charge in [-0.25, -0.2) is 0 Å². The third-order valence-corrected chi connectivity index (χ3v) is 4.87. The first kappa shape index (κ1) is 13.8. The third kappa shape index (κ3) is 2.04. The Bertz CT molecular complexity index is 393. The summed E-state index contributed by atoms with van der Waals surface area (Å²) in [6.45, 7) is 5.83. The lowest BCUT2D eigenvalue weighted by Gasteiger charge is -2.60. The summed E-state index contributed by atoms with van der Waals surface area (Å²) in [5, 5.41) is 30.6. The molecule has 3 nitrogen and oxygen atoms in total. The number of aliphatic hydroxyl groups excluding tert-OH is 1. The lowest BCUT2D eigenvalue weighted by atomic mass is 9.48. The van der Waals surface area contributed by atoms with Crippen LogP contribution in [0, 0.1) is 11.3 Å². The molecule has 0 heterocycles. The van der Waals surface area contributed by atoms with Crippen molar-refractivity contribution in [2.45, 2.75) is 51.2 Å². The van der Waals surface area contributed by atoms with Gasteiger partial charge in [-0.15, -0.1) is 0 Å². The van der Waals surface area contributed by atoms with E-state index in [1.54, 1.807) is 19.1 Å². The summed E-state index contributed by atoms with van der Waals surface area (Å²) in [5.74, 6) is 0.0102. The van der Waals surface area contributed by atoms with Gasteiger partial charge in [-0.2, -0.15) is 0 Å². The zero-order valence-electron chi connectivity index (χ0n) is 11.5. The molecule has 3 N–H and O–H groups in total. The highest BCUT2D eigenvalue weighted by molar-refractivity contribution is 5.28. The van der Waals surface area contributed by atoms with Crippen LogP contribution in [0.5, 0.6) is 0 Å². The molecule has 0 aromatic rings. The Labute approximate surface area is 109 Å². The van der Waals surface area contributed by atoms with E-state index in [4.69, 9.17) is 0 Å². The number of rotatable bonds is 1. The van der Waals surface area contributed by atoms with Crippen molar-refractivity contribution in [3.05, 3.63) is 23.8 Å². The number of aliphatic hydroxyl groups is 3. The molecule has 0 aromatic heterocycles. The second-order valence-corrected chi connectivity index (χ2v) is 6.68. The predicted molar refractivity (Wildman–Crippen MR) is 71.0 cm³/mol. The zero-order chi connectivity index (χ0) is 13.6. The molecule has 0 bridgehead atoms. The van der Waals surface area contributed by atoms with E-state index >= 15 is 0 Å². The Morgan fingerprint density at radius 3 is 2.44 bits per heavy atom. The van der Waals surface area contributed by atoms with Crippen LogP contribution >= 0.6 is 0 Å². The van der Waals surface area contributed by atoms with Crippen LogP contribution < -0.4 is 0 Å². The van der Waals surface area contributed by atoms with Gasteiger partial charge in [0.2, 0.25) is 0 Å². The van der Waals surface area contributed by atoms with Crippen LogP contribution in [0.1, 0.15) is 40.0 Å². The van der Waals surface area contributed by atoms with E-state index < -0.39 is 11.2 Å². The van der Waals surface area contributed by atoms with Crippen molar-refractivity contribution in [2.75, 3.05) is 6.61 Å². The first-order valence-corrected chi connectivity index (χ1v) is 6.66. The molecule has 0 aromatic carbocycles. The fraction of sp³-hybridized carbons (Fsp3) is 0.733. The average Bonchev–Trinajstić information content (AvgIpc) is 2.32. The van der Waals surface area contributed by atoms with Gasteiger partial charge in [-0.3, -0.25) is 0 Å². The lowest BCUT2D eigenvalue weighted by molar-refractivity contribution is -0.197. The van der Waals surface area contributed by atoms with Crippen molar-refractivity contribution in [1.82, 2.24) is 0 Å². The van der Waals surface area contributed by atoms with E-state index in [0.29, 0.717) is 12.8 Å². The highest BCUT2D eigenvalue weighted by Crippen LogP contribution is 2.59. The largest absolute Gasteiger partial charge is 0.392 e. The molecule has 18 heavy (non-hydrogen) atoms. The topological polar surface area (TPSA) is 60.7 Å². The molecular weight excluding hydrogens is 228 g/mol. The SMILES string of the molecule is CC1(C)C[C@@H]2C(CO)=CC=C[C@@](C)(O)CC[C@]21O. The molecule has 3 atom stereocenters. The minimum absolute atomic E-state index is 0.0102. The van der Waals surface area contributed by atoms with E-state index in [9.17, 15) is 15.3 Å². The third-order valence-electron chi connectivity index (χ3n) is 4.87. The quantitative estimate of drug-likeness (QED) is 0.666. The highest BCUT2D eigenvalue weighted by atomic mass is 16.3. The zero-order valence-corrected chi connectivity index (χ0v) is 11.5. The van der Waals surface area contributed by atoms with Crippen molar-refractivity contribution in [1.29, 1.82) is 0 Å². The molecule has 0 unspecified atom stereocenters. The van der Waals surface area contributed by atoms with Crippen LogP contribution in [0.2, 0.25) is 0 Å². The summed E-state index contributed by atoms with van der Waals surface area (Å²) in [4.78, 5) is 0. The predicted octanol–water partition coefficient (Wildman–Crippen LogP) is 1.78. The van der Waals surface area contributed by atoms with Crippen LogP contribution in [0.25, 0.3) is 0 Å². The van der Waals surface area contributed by atoms with E-state index in [2.05, 4.69) is 13.8 Å². The molecule has 0 radical (unpaired) electrons. The van der Waals surface area contributed by atoms with Crippen LogP contribution in [-0.4, -0.2) is 33.1 Å². The van der Waals surface area contributed by atoms with E-state index in [1.165, 1.54) is 0 Å². The lowest BCUT2D eigenvalue weighted by Crippen LogP contribution is -2.62. The minimum Gasteiger partial charge on any atom is -0.392 e. The summed E-state index contributed by atoms with van der Waals surface area (Å²) in [6.07, 6.45) is 7.34. The normalized spacial score (nSPS) is 43.0.